The van der Waals surface area contributed by atoms with Crippen molar-refractivity contribution in [1.82, 2.24) is 4.98 Å². The zero-order chi connectivity index (χ0) is 15.4. The Balaban J connectivity index is 2.19. The molecule has 1 fully saturated rings. The van der Waals surface area contributed by atoms with Gasteiger partial charge in [0, 0.05) is 12.1 Å². The molecule has 1 heterocycles. The molecule has 5 N–H and O–H groups in total. The van der Waals surface area contributed by atoms with Gasteiger partial charge in [-0.3, -0.25) is 4.79 Å². The average Bonchev–Trinajstić information content (AvgIpc) is 2.44. The highest BCUT2D eigenvalue weighted by Crippen LogP contribution is 2.25. The second kappa shape index (κ2) is 6.71. The van der Waals surface area contributed by atoms with E-state index in [2.05, 4.69) is 10.3 Å². The van der Waals surface area contributed by atoms with Crippen molar-refractivity contribution in [2.75, 3.05) is 11.9 Å². The molecular formula is C14H21FN4O2. The van der Waals surface area contributed by atoms with Crippen LogP contribution in [0.15, 0.2) is 6.07 Å². The number of nitrogens with one attached hydrogen (secondary N) is 1. The van der Waals surface area contributed by atoms with Crippen molar-refractivity contribution < 1.29 is 13.9 Å². The Labute approximate surface area is 123 Å². The smallest absolute Gasteiger partial charge is 0.254 e. The van der Waals surface area contributed by atoms with Gasteiger partial charge in [0.15, 0.2) is 11.6 Å². The van der Waals surface area contributed by atoms with E-state index < -0.39 is 11.7 Å². The minimum atomic E-state index is -0.764. The number of rotatable bonds is 5. The fourth-order valence-corrected chi connectivity index (χ4v) is 2.45. The molecule has 0 saturated heterocycles. The fourth-order valence-electron chi connectivity index (χ4n) is 2.45. The quantitative estimate of drug-likeness (QED) is 0.762. The molecule has 0 unspecified atom stereocenters. The van der Waals surface area contributed by atoms with Crippen LogP contribution in [-0.2, 0) is 0 Å². The molecule has 0 atom stereocenters. The molecule has 21 heavy (non-hydrogen) atoms. The summed E-state index contributed by atoms with van der Waals surface area (Å²) in [6, 6.07) is 1.41. The van der Waals surface area contributed by atoms with Crippen molar-refractivity contribution in [1.29, 1.82) is 0 Å². The standard InChI is InChI=1S/C14H21FN4O2/c1-2-21-14-10(12(17)20)7-11(15)13(19-14)18-9-5-3-8(16)4-6-9/h7-9H,2-6,16H2,1H3,(H2,17,20)(H,18,19)/t8-,9-. The maximum Gasteiger partial charge on any atom is 0.254 e. The minimum absolute atomic E-state index is 0.0504. The molecule has 1 aromatic heterocycles. The number of primary amides is 1. The van der Waals surface area contributed by atoms with Gasteiger partial charge in [0.1, 0.15) is 5.56 Å². The molecule has 0 spiro atoms. The van der Waals surface area contributed by atoms with Crippen LogP contribution in [0, 0.1) is 5.82 Å². The summed E-state index contributed by atoms with van der Waals surface area (Å²) in [4.78, 5) is 15.3. The Morgan fingerprint density at radius 3 is 2.71 bits per heavy atom. The van der Waals surface area contributed by atoms with Crippen molar-refractivity contribution in [3.8, 4) is 5.88 Å². The third-order valence-electron chi connectivity index (χ3n) is 3.60. The summed E-state index contributed by atoms with van der Waals surface area (Å²) in [5.41, 5.74) is 11.0. The van der Waals surface area contributed by atoms with Gasteiger partial charge in [0.2, 0.25) is 5.88 Å². The first-order valence-corrected chi connectivity index (χ1v) is 7.16. The van der Waals surface area contributed by atoms with E-state index in [0.717, 1.165) is 31.7 Å². The van der Waals surface area contributed by atoms with Crippen molar-refractivity contribution in [2.24, 2.45) is 11.5 Å². The molecule has 0 aliphatic heterocycles. The summed E-state index contributed by atoms with van der Waals surface area (Å²) in [7, 11) is 0. The van der Waals surface area contributed by atoms with Crippen molar-refractivity contribution in [3.63, 3.8) is 0 Å². The molecule has 6 nitrogen and oxygen atoms in total. The summed E-state index contributed by atoms with van der Waals surface area (Å²) in [5, 5.41) is 3.06. The third kappa shape index (κ3) is 3.81. The highest BCUT2D eigenvalue weighted by Gasteiger charge is 2.22. The number of hydrogen-bond acceptors (Lipinski definition) is 5. The largest absolute Gasteiger partial charge is 0.477 e. The predicted octanol–water partition coefficient (Wildman–Crippen LogP) is 1.40. The SMILES string of the molecule is CCOc1nc(N[C@H]2CC[C@H](N)CC2)c(F)cc1C(N)=O. The Bertz CT molecular complexity index is 516. The Kier molecular flexibility index (Phi) is 4.95. The molecule has 2 rings (SSSR count). The van der Waals surface area contributed by atoms with Gasteiger partial charge in [-0.2, -0.15) is 4.98 Å². The van der Waals surface area contributed by atoms with Crippen LogP contribution in [0.25, 0.3) is 0 Å². The van der Waals surface area contributed by atoms with E-state index in [1.807, 2.05) is 0 Å². The third-order valence-corrected chi connectivity index (χ3v) is 3.60. The molecule has 0 aromatic carbocycles. The summed E-state index contributed by atoms with van der Waals surface area (Å²) in [6.45, 7) is 2.07. The number of carbonyl (C=O) groups excluding carboxylic acids is 1. The number of anilines is 1. The average molecular weight is 296 g/mol. The van der Waals surface area contributed by atoms with Gasteiger partial charge in [-0.25, -0.2) is 4.39 Å². The molecule has 7 heteroatoms. The zero-order valence-corrected chi connectivity index (χ0v) is 12.1. The monoisotopic (exact) mass is 296 g/mol. The maximum atomic E-state index is 14.0. The van der Waals surface area contributed by atoms with Gasteiger partial charge in [0.25, 0.3) is 5.91 Å². The highest BCUT2D eigenvalue weighted by atomic mass is 19.1. The summed E-state index contributed by atoms with van der Waals surface area (Å²) < 4.78 is 19.3. The Morgan fingerprint density at radius 1 is 1.48 bits per heavy atom. The lowest BCUT2D eigenvalue weighted by Crippen LogP contribution is -2.33. The van der Waals surface area contributed by atoms with Crippen molar-refractivity contribution in [2.45, 2.75) is 44.7 Å². The summed E-state index contributed by atoms with van der Waals surface area (Å²) in [5.74, 6) is -1.23. The number of pyridine rings is 1. The van der Waals surface area contributed by atoms with Gasteiger partial charge >= 0.3 is 0 Å². The molecule has 1 aromatic rings. The van der Waals surface area contributed by atoms with Crippen LogP contribution in [-0.4, -0.2) is 29.6 Å². The molecule has 1 amide bonds. The van der Waals surface area contributed by atoms with Crippen LogP contribution in [0.3, 0.4) is 0 Å². The summed E-state index contributed by atoms with van der Waals surface area (Å²) >= 11 is 0. The first-order valence-electron chi connectivity index (χ1n) is 7.16. The molecule has 0 radical (unpaired) electrons. The number of ether oxygens (including phenoxy) is 1. The molecular weight excluding hydrogens is 275 g/mol. The number of carbonyl (C=O) groups is 1. The number of nitrogens with two attached hydrogens (primary N) is 2. The molecule has 1 saturated carbocycles. The number of hydrogen-bond donors (Lipinski definition) is 3. The van der Waals surface area contributed by atoms with Crippen LogP contribution in [0.1, 0.15) is 43.0 Å². The van der Waals surface area contributed by atoms with E-state index in [4.69, 9.17) is 16.2 Å². The van der Waals surface area contributed by atoms with Gasteiger partial charge in [-0.05, 0) is 38.7 Å². The number of amides is 1. The molecule has 0 bridgehead atoms. The molecule has 1 aliphatic rings. The predicted molar refractivity (Wildman–Crippen MR) is 77.7 cm³/mol. The zero-order valence-electron chi connectivity index (χ0n) is 12.1. The van der Waals surface area contributed by atoms with E-state index in [-0.39, 0.29) is 29.3 Å². The van der Waals surface area contributed by atoms with E-state index in [1.165, 1.54) is 0 Å². The van der Waals surface area contributed by atoms with Crippen LogP contribution < -0.4 is 21.5 Å². The van der Waals surface area contributed by atoms with Crippen molar-refractivity contribution >= 4 is 11.7 Å². The lowest BCUT2D eigenvalue weighted by atomic mass is 9.92. The molecule has 1 aliphatic carbocycles. The van der Waals surface area contributed by atoms with Crippen molar-refractivity contribution in [3.05, 3.63) is 17.4 Å². The van der Waals surface area contributed by atoms with Gasteiger partial charge in [0.05, 0.1) is 6.61 Å². The fraction of sp³-hybridized carbons (Fsp3) is 0.571. The number of nitrogens with zero attached hydrogens (tertiary/aromatic N) is 1. The lowest BCUT2D eigenvalue weighted by molar-refractivity contribution is 0.0995. The van der Waals surface area contributed by atoms with E-state index >= 15 is 0 Å². The Hall–Kier alpha value is -1.89. The van der Waals surface area contributed by atoms with E-state index in [1.54, 1.807) is 6.92 Å². The lowest BCUT2D eigenvalue weighted by Gasteiger charge is -2.27. The summed E-state index contributed by atoms with van der Waals surface area (Å²) in [6.07, 6.45) is 3.53. The first kappa shape index (κ1) is 15.5. The van der Waals surface area contributed by atoms with Crippen LogP contribution in [0.5, 0.6) is 5.88 Å². The van der Waals surface area contributed by atoms with E-state index in [9.17, 15) is 9.18 Å². The second-order valence-electron chi connectivity index (χ2n) is 5.22. The van der Waals surface area contributed by atoms with Crippen LogP contribution in [0.2, 0.25) is 0 Å². The minimum Gasteiger partial charge on any atom is -0.477 e. The first-order chi connectivity index (χ1) is 10.0. The van der Waals surface area contributed by atoms with Crippen LogP contribution >= 0.6 is 0 Å². The number of halogens is 1. The van der Waals surface area contributed by atoms with Gasteiger partial charge in [-0.15, -0.1) is 0 Å². The number of aromatic nitrogens is 1. The highest BCUT2D eigenvalue weighted by molar-refractivity contribution is 5.95. The van der Waals surface area contributed by atoms with Gasteiger partial charge < -0.3 is 21.5 Å². The second-order valence-corrected chi connectivity index (χ2v) is 5.22. The normalized spacial score (nSPS) is 21.9. The molecule has 116 valence electrons. The van der Waals surface area contributed by atoms with Crippen LogP contribution in [0.4, 0.5) is 10.2 Å². The van der Waals surface area contributed by atoms with Gasteiger partial charge in [-0.1, -0.05) is 0 Å². The Morgan fingerprint density at radius 2 is 2.14 bits per heavy atom. The topological polar surface area (TPSA) is 103 Å². The maximum absolute atomic E-state index is 14.0. The van der Waals surface area contributed by atoms with E-state index in [0.29, 0.717) is 6.61 Å².